The lowest BCUT2D eigenvalue weighted by Crippen LogP contribution is -2.30. The number of rotatable bonds is 6. The highest BCUT2D eigenvalue weighted by Crippen LogP contribution is 2.10. The lowest BCUT2D eigenvalue weighted by atomic mass is 10.1. The van der Waals surface area contributed by atoms with Crippen molar-refractivity contribution >= 4 is 23.5 Å². The summed E-state index contributed by atoms with van der Waals surface area (Å²) in [7, 11) is 1.31. The van der Waals surface area contributed by atoms with Crippen LogP contribution < -0.4 is 10.6 Å². The summed E-state index contributed by atoms with van der Waals surface area (Å²) >= 11 is 0. The van der Waals surface area contributed by atoms with Gasteiger partial charge in [0.1, 0.15) is 0 Å². The molecule has 0 fully saturated rings. The largest absolute Gasteiger partial charge is 0.465 e. The van der Waals surface area contributed by atoms with Gasteiger partial charge in [0, 0.05) is 24.2 Å². The van der Waals surface area contributed by atoms with Crippen molar-refractivity contribution in [2.24, 2.45) is 0 Å². The number of amides is 2. The molecule has 0 unspecified atom stereocenters. The summed E-state index contributed by atoms with van der Waals surface area (Å²) in [5.41, 5.74) is 2.66. The number of ketones is 1. The van der Waals surface area contributed by atoms with Gasteiger partial charge in [0.2, 0.25) is 0 Å². The highest BCUT2D eigenvalue weighted by atomic mass is 16.5. The van der Waals surface area contributed by atoms with Gasteiger partial charge in [-0.3, -0.25) is 4.79 Å². The number of Topliss-reactive ketones (excluding diaryl/α,β-unsaturated/α-hetero) is 1. The maximum atomic E-state index is 12.0. The zero-order valence-corrected chi connectivity index (χ0v) is 14.2. The van der Waals surface area contributed by atoms with E-state index in [9.17, 15) is 14.4 Å². The molecule has 0 saturated heterocycles. The first-order chi connectivity index (χ1) is 12.0. The Morgan fingerprint density at radius 1 is 0.920 bits per heavy atom. The van der Waals surface area contributed by atoms with Crippen LogP contribution in [0, 0.1) is 6.92 Å². The van der Waals surface area contributed by atoms with Gasteiger partial charge < -0.3 is 15.4 Å². The summed E-state index contributed by atoms with van der Waals surface area (Å²) in [4.78, 5) is 35.2. The minimum atomic E-state index is -0.439. The van der Waals surface area contributed by atoms with E-state index in [-0.39, 0.29) is 18.7 Å². The van der Waals surface area contributed by atoms with Gasteiger partial charge in [-0.25, -0.2) is 9.59 Å². The van der Waals surface area contributed by atoms with Crippen LogP contribution in [-0.4, -0.2) is 31.4 Å². The normalized spacial score (nSPS) is 10.0. The molecule has 0 aliphatic carbocycles. The molecular formula is C19H20N2O4. The Labute approximate surface area is 146 Å². The van der Waals surface area contributed by atoms with Crippen LogP contribution in [0.3, 0.4) is 0 Å². The third-order valence-electron chi connectivity index (χ3n) is 3.58. The Morgan fingerprint density at radius 3 is 2.12 bits per heavy atom. The molecule has 0 saturated carbocycles. The van der Waals surface area contributed by atoms with Crippen molar-refractivity contribution in [2.75, 3.05) is 19.0 Å². The fourth-order valence-corrected chi connectivity index (χ4v) is 2.16. The molecule has 130 valence electrons. The van der Waals surface area contributed by atoms with Crippen molar-refractivity contribution in [3.8, 4) is 0 Å². The van der Waals surface area contributed by atoms with E-state index in [1.165, 1.54) is 7.11 Å². The van der Waals surface area contributed by atoms with Gasteiger partial charge in [0.15, 0.2) is 5.78 Å². The van der Waals surface area contributed by atoms with Gasteiger partial charge in [0.05, 0.1) is 12.7 Å². The Morgan fingerprint density at radius 2 is 1.52 bits per heavy atom. The topological polar surface area (TPSA) is 84.5 Å². The second kappa shape index (κ2) is 8.63. The number of hydrogen-bond donors (Lipinski definition) is 2. The number of aryl methyl sites for hydroxylation is 1. The van der Waals surface area contributed by atoms with Crippen molar-refractivity contribution in [1.82, 2.24) is 5.32 Å². The molecule has 6 heteroatoms. The molecule has 6 nitrogen and oxygen atoms in total. The number of urea groups is 1. The number of esters is 1. The average Bonchev–Trinajstić information content (AvgIpc) is 2.62. The number of ether oxygens (including phenoxy) is 1. The van der Waals surface area contributed by atoms with Crippen LogP contribution in [0.2, 0.25) is 0 Å². The molecule has 0 atom stereocenters. The number of carbonyl (C=O) groups excluding carboxylic acids is 3. The standard InChI is InChI=1S/C19H20N2O4/c1-13-3-5-14(6-4-13)17(22)11-12-20-19(24)21-16-9-7-15(8-10-16)18(23)25-2/h3-10H,11-12H2,1-2H3,(H2,20,21,24). The maximum Gasteiger partial charge on any atom is 0.337 e. The Balaban J connectivity index is 1.77. The van der Waals surface area contributed by atoms with Gasteiger partial charge in [-0.2, -0.15) is 0 Å². The smallest absolute Gasteiger partial charge is 0.337 e. The molecule has 2 amide bonds. The first-order valence-corrected chi connectivity index (χ1v) is 7.82. The Kier molecular flexibility index (Phi) is 6.28. The maximum absolute atomic E-state index is 12.0. The summed E-state index contributed by atoms with van der Waals surface area (Å²) in [5.74, 6) is -0.464. The number of nitrogens with one attached hydrogen (secondary N) is 2. The zero-order chi connectivity index (χ0) is 18.2. The van der Waals surface area contributed by atoms with Crippen LogP contribution in [-0.2, 0) is 4.74 Å². The molecule has 2 aromatic carbocycles. The third-order valence-corrected chi connectivity index (χ3v) is 3.58. The van der Waals surface area contributed by atoms with Crippen LogP contribution in [0.25, 0.3) is 0 Å². The van der Waals surface area contributed by atoms with E-state index in [2.05, 4.69) is 15.4 Å². The van der Waals surface area contributed by atoms with E-state index in [1.807, 2.05) is 19.1 Å². The molecular weight excluding hydrogens is 320 g/mol. The van der Waals surface area contributed by atoms with Crippen molar-refractivity contribution in [1.29, 1.82) is 0 Å². The fraction of sp³-hybridized carbons (Fsp3) is 0.211. The van der Waals surface area contributed by atoms with Crippen LogP contribution in [0.15, 0.2) is 48.5 Å². The van der Waals surface area contributed by atoms with E-state index in [1.54, 1.807) is 36.4 Å². The van der Waals surface area contributed by atoms with E-state index in [0.717, 1.165) is 5.56 Å². The highest BCUT2D eigenvalue weighted by molar-refractivity contribution is 5.97. The Bertz CT molecular complexity index is 752. The molecule has 0 heterocycles. The molecule has 0 radical (unpaired) electrons. The van der Waals surface area contributed by atoms with Crippen molar-refractivity contribution in [2.45, 2.75) is 13.3 Å². The molecule has 0 bridgehead atoms. The summed E-state index contributed by atoms with van der Waals surface area (Å²) in [6.45, 7) is 2.19. The van der Waals surface area contributed by atoms with Gasteiger partial charge in [0.25, 0.3) is 0 Å². The number of hydrogen-bond acceptors (Lipinski definition) is 4. The highest BCUT2D eigenvalue weighted by Gasteiger charge is 2.08. The molecule has 2 aromatic rings. The van der Waals surface area contributed by atoms with Crippen LogP contribution in [0.1, 0.15) is 32.7 Å². The summed E-state index contributed by atoms with van der Waals surface area (Å²) < 4.78 is 4.61. The summed E-state index contributed by atoms with van der Waals surface area (Å²) in [5, 5.41) is 5.26. The summed E-state index contributed by atoms with van der Waals surface area (Å²) in [6, 6.07) is 13.2. The fourth-order valence-electron chi connectivity index (χ4n) is 2.16. The molecule has 0 spiro atoms. The minimum absolute atomic E-state index is 0.0252. The molecule has 2 N–H and O–H groups in total. The number of carbonyl (C=O) groups is 3. The van der Waals surface area contributed by atoms with E-state index in [4.69, 9.17) is 0 Å². The minimum Gasteiger partial charge on any atom is -0.465 e. The van der Waals surface area contributed by atoms with E-state index < -0.39 is 12.0 Å². The molecule has 0 aromatic heterocycles. The van der Waals surface area contributed by atoms with Crippen molar-refractivity contribution < 1.29 is 19.1 Å². The number of benzene rings is 2. The zero-order valence-electron chi connectivity index (χ0n) is 14.2. The lowest BCUT2D eigenvalue weighted by molar-refractivity contribution is 0.0600. The van der Waals surface area contributed by atoms with Gasteiger partial charge in [-0.15, -0.1) is 0 Å². The predicted molar refractivity (Wildman–Crippen MR) is 94.9 cm³/mol. The first kappa shape index (κ1) is 18.2. The second-order valence-electron chi connectivity index (χ2n) is 5.49. The number of methoxy groups -OCH3 is 1. The van der Waals surface area contributed by atoms with E-state index >= 15 is 0 Å². The van der Waals surface area contributed by atoms with Gasteiger partial charge >= 0.3 is 12.0 Å². The molecule has 0 aliphatic rings. The van der Waals surface area contributed by atoms with Crippen LogP contribution in [0.5, 0.6) is 0 Å². The SMILES string of the molecule is COC(=O)c1ccc(NC(=O)NCCC(=O)c2ccc(C)cc2)cc1. The molecule has 2 rings (SSSR count). The lowest BCUT2D eigenvalue weighted by Gasteiger charge is -2.08. The van der Waals surface area contributed by atoms with E-state index in [0.29, 0.717) is 16.8 Å². The quantitative estimate of drug-likeness (QED) is 0.625. The predicted octanol–water partition coefficient (Wildman–Crippen LogP) is 3.18. The molecule has 25 heavy (non-hydrogen) atoms. The van der Waals surface area contributed by atoms with Crippen molar-refractivity contribution in [3.63, 3.8) is 0 Å². The second-order valence-corrected chi connectivity index (χ2v) is 5.49. The first-order valence-electron chi connectivity index (χ1n) is 7.82. The Hall–Kier alpha value is -3.15. The van der Waals surface area contributed by atoms with Gasteiger partial charge in [-0.1, -0.05) is 29.8 Å². The number of anilines is 1. The van der Waals surface area contributed by atoms with Crippen LogP contribution >= 0.6 is 0 Å². The monoisotopic (exact) mass is 340 g/mol. The average molecular weight is 340 g/mol. The summed E-state index contributed by atoms with van der Waals surface area (Å²) in [6.07, 6.45) is 0.220. The third kappa shape index (κ3) is 5.46. The van der Waals surface area contributed by atoms with Crippen molar-refractivity contribution in [3.05, 3.63) is 65.2 Å². The van der Waals surface area contributed by atoms with Gasteiger partial charge in [-0.05, 0) is 31.2 Å². The van der Waals surface area contributed by atoms with Crippen LogP contribution in [0.4, 0.5) is 10.5 Å². The molecule has 0 aliphatic heterocycles.